The fraction of sp³-hybridized carbons (Fsp3) is 0.333. The smallest absolute Gasteiger partial charge is 0.398 e. The molecule has 0 spiro atoms. The Labute approximate surface area is 172 Å². The molecule has 4 rings (SSSR count). The second-order valence-corrected chi connectivity index (χ2v) is 7.61. The van der Waals surface area contributed by atoms with Crippen molar-refractivity contribution in [3.63, 3.8) is 0 Å². The third-order valence-electron chi connectivity index (χ3n) is 5.49. The van der Waals surface area contributed by atoms with Gasteiger partial charge in [-0.1, -0.05) is 18.5 Å². The van der Waals surface area contributed by atoms with Crippen molar-refractivity contribution in [2.75, 3.05) is 24.8 Å². The first-order chi connectivity index (χ1) is 13.9. The Morgan fingerprint density at radius 2 is 2.07 bits per heavy atom. The van der Waals surface area contributed by atoms with E-state index in [-0.39, 0.29) is 25.3 Å². The molecule has 0 aliphatic carbocycles. The van der Waals surface area contributed by atoms with E-state index in [1.54, 1.807) is 31.2 Å². The summed E-state index contributed by atoms with van der Waals surface area (Å²) in [5.74, 6) is -1.06. The molecule has 0 bridgehead atoms. The lowest BCUT2D eigenvalue weighted by Crippen LogP contribution is -2.39. The van der Waals surface area contributed by atoms with Gasteiger partial charge in [0.15, 0.2) is 0 Å². The van der Waals surface area contributed by atoms with Crippen molar-refractivity contribution in [3.05, 3.63) is 52.0 Å². The topological polar surface area (TPSA) is 96.3 Å². The highest BCUT2D eigenvalue weighted by molar-refractivity contribution is 6.33. The number of carbonyl (C=O) groups excluding carboxylic acids is 2. The van der Waals surface area contributed by atoms with Crippen molar-refractivity contribution >= 4 is 29.0 Å². The number of hydrogen-bond acceptors (Lipinski definition) is 7. The Hall–Kier alpha value is -2.77. The number of nitrogens with zero attached hydrogens (tertiary/aromatic N) is 1. The minimum atomic E-state index is -1.10. The van der Waals surface area contributed by atoms with Gasteiger partial charge in [-0.05, 0) is 35.4 Å². The molecular formula is C21H20ClNO6. The quantitative estimate of drug-likeness (QED) is 0.721. The molecule has 2 aliphatic heterocycles. The summed E-state index contributed by atoms with van der Waals surface area (Å²) in [5, 5.41) is 22.9. The maximum absolute atomic E-state index is 12.1. The number of ether oxygens (including phenoxy) is 1. The molecular weight excluding hydrogens is 398 g/mol. The van der Waals surface area contributed by atoms with Crippen molar-refractivity contribution < 1.29 is 29.4 Å². The van der Waals surface area contributed by atoms with Gasteiger partial charge in [0, 0.05) is 29.5 Å². The van der Waals surface area contributed by atoms with Gasteiger partial charge in [-0.25, -0.2) is 9.86 Å². The number of aliphatic hydroxyl groups is 1. The van der Waals surface area contributed by atoms with Crippen LogP contribution in [0.15, 0.2) is 30.3 Å². The number of rotatable bonds is 5. The van der Waals surface area contributed by atoms with Crippen molar-refractivity contribution in [3.8, 4) is 11.5 Å². The Morgan fingerprint density at radius 1 is 1.28 bits per heavy atom. The standard InChI is InChI=1S/C21H20ClNO6/c1-2-17(25)20(27)29-23-10-21(11-24,14-8-13(22)3-4-16(14)23)15-7-12-5-6-28-19(12)9-18(15)26/h3-4,7-9,24,26H,2,5-6,10-11H2,1H3. The zero-order valence-corrected chi connectivity index (χ0v) is 16.5. The van der Waals surface area contributed by atoms with Crippen LogP contribution in [0.3, 0.4) is 0 Å². The van der Waals surface area contributed by atoms with Gasteiger partial charge in [0.1, 0.15) is 11.5 Å². The normalized spacial score (nSPS) is 19.5. The summed E-state index contributed by atoms with van der Waals surface area (Å²) >= 11 is 6.21. The van der Waals surface area contributed by atoms with E-state index in [1.807, 2.05) is 0 Å². The molecule has 2 N–H and O–H groups in total. The SMILES string of the molecule is CCC(=O)C(=O)ON1CC(CO)(c2cc3c(cc2O)OCC3)c2cc(Cl)ccc21. The maximum Gasteiger partial charge on any atom is 0.398 e. The molecule has 152 valence electrons. The number of carbonyl (C=O) groups is 2. The first-order valence-corrected chi connectivity index (χ1v) is 9.70. The number of aromatic hydroxyl groups is 1. The van der Waals surface area contributed by atoms with Crippen LogP contribution in [0, 0.1) is 0 Å². The van der Waals surface area contributed by atoms with Gasteiger partial charge in [-0.3, -0.25) is 4.79 Å². The summed E-state index contributed by atoms with van der Waals surface area (Å²) in [5.41, 5.74) is 1.39. The van der Waals surface area contributed by atoms with Gasteiger partial charge in [-0.15, -0.1) is 0 Å². The molecule has 2 heterocycles. The third kappa shape index (κ3) is 3.10. The average Bonchev–Trinajstić information content (AvgIpc) is 3.28. The fourth-order valence-electron chi connectivity index (χ4n) is 3.95. The summed E-state index contributed by atoms with van der Waals surface area (Å²) in [6, 6.07) is 8.31. The Balaban J connectivity index is 1.83. The molecule has 0 amide bonds. The van der Waals surface area contributed by atoms with Gasteiger partial charge >= 0.3 is 5.97 Å². The number of hydrogen-bond donors (Lipinski definition) is 2. The first-order valence-electron chi connectivity index (χ1n) is 9.32. The third-order valence-corrected chi connectivity index (χ3v) is 5.73. The van der Waals surface area contributed by atoms with Gasteiger partial charge in [0.05, 0.1) is 30.9 Å². The molecule has 29 heavy (non-hydrogen) atoms. The first kappa shape index (κ1) is 19.5. The number of hydroxylamine groups is 1. The number of phenols is 1. The van der Waals surface area contributed by atoms with Gasteiger partial charge in [0.25, 0.3) is 0 Å². The molecule has 1 atom stereocenters. The van der Waals surface area contributed by atoms with E-state index in [1.165, 1.54) is 11.1 Å². The average molecular weight is 418 g/mol. The highest BCUT2D eigenvalue weighted by Gasteiger charge is 2.48. The lowest BCUT2D eigenvalue weighted by Gasteiger charge is -2.29. The number of halogens is 1. The molecule has 8 heteroatoms. The summed E-state index contributed by atoms with van der Waals surface area (Å²) < 4.78 is 5.50. The number of ketones is 1. The van der Waals surface area contributed by atoms with Crippen LogP contribution in [0.1, 0.15) is 30.0 Å². The second kappa shape index (κ2) is 7.24. The minimum Gasteiger partial charge on any atom is -0.507 e. The monoisotopic (exact) mass is 417 g/mol. The van der Waals surface area contributed by atoms with E-state index in [2.05, 4.69) is 0 Å². The zero-order chi connectivity index (χ0) is 20.8. The Morgan fingerprint density at radius 3 is 2.79 bits per heavy atom. The second-order valence-electron chi connectivity index (χ2n) is 7.17. The van der Waals surface area contributed by atoms with Gasteiger partial charge in [0.2, 0.25) is 5.78 Å². The van der Waals surface area contributed by atoms with Crippen LogP contribution in [-0.4, -0.2) is 41.7 Å². The molecule has 2 aliphatic rings. The largest absolute Gasteiger partial charge is 0.507 e. The molecule has 1 unspecified atom stereocenters. The highest BCUT2D eigenvalue weighted by Crippen LogP contribution is 2.50. The number of aliphatic hydroxyl groups excluding tert-OH is 1. The summed E-state index contributed by atoms with van der Waals surface area (Å²) in [4.78, 5) is 29.1. The molecule has 0 radical (unpaired) electrons. The van der Waals surface area contributed by atoms with E-state index in [4.69, 9.17) is 21.2 Å². The summed E-state index contributed by atoms with van der Waals surface area (Å²) in [7, 11) is 0. The number of phenolic OH excluding ortho intramolecular Hbond substituents is 1. The van der Waals surface area contributed by atoms with Crippen LogP contribution in [0.2, 0.25) is 5.02 Å². The van der Waals surface area contributed by atoms with E-state index in [0.29, 0.717) is 40.6 Å². The van der Waals surface area contributed by atoms with E-state index >= 15 is 0 Å². The number of Topliss-reactive ketones (excluding diaryl/α,β-unsaturated/α-hetero) is 1. The number of fused-ring (bicyclic) bond motifs is 2. The number of anilines is 1. The summed E-state index contributed by atoms with van der Waals surface area (Å²) in [6.07, 6.45) is 0.715. The predicted octanol–water partition coefficient (Wildman–Crippen LogP) is 2.52. The van der Waals surface area contributed by atoms with Crippen LogP contribution >= 0.6 is 11.6 Å². The minimum absolute atomic E-state index is 0.0229. The zero-order valence-electron chi connectivity index (χ0n) is 15.8. The molecule has 0 fully saturated rings. The highest BCUT2D eigenvalue weighted by atomic mass is 35.5. The van der Waals surface area contributed by atoms with Crippen LogP contribution in [0.5, 0.6) is 11.5 Å². The van der Waals surface area contributed by atoms with Crippen LogP contribution in [0.4, 0.5) is 5.69 Å². The van der Waals surface area contributed by atoms with E-state index in [9.17, 15) is 19.8 Å². The molecule has 0 saturated carbocycles. The maximum atomic E-state index is 12.1. The van der Waals surface area contributed by atoms with E-state index in [0.717, 1.165) is 5.56 Å². The molecule has 2 aromatic rings. The number of benzene rings is 2. The summed E-state index contributed by atoms with van der Waals surface area (Å²) in [6.45, 7) is 1.75. The van der Waals surface area contributed by atoms with Gasteiger partial charge < -0.3 is 19.8 Å². The molecule has 0 saturated heterocycles. The molecule has 7 nitrogen and oxygen atoms in total. The van der Waals surface area contributed by atoms with Gasteiger partial charge in [-0.2, -0.15) is 0 Å². The lowest BCUT2D eigenvalue weighted by atomic mass is 9.75. The Kier molecular flexibility index (Phi) is 4.88. The van der Waals surface area contributed by atoms with Crippen LogP contribution in [-0.2, 0) is 26.3 Å². The molecule has 2 aromatic carbocycles. The van der Waals surface area contributed by atoms with Crippen molar-refractivity contribution in [1.82, 2.24) is 0 Å². The van der Waals surface area contributed by atoms with Crippen LogP contribution < -0.4 is 9.80 Å². The molecule has 0 aromatic heterocycles. The fourth-order valence-corrected chi connectivity index (χ4v) is 4.12. The van der Waals surface area contributed by atoms with E-state index < -0.39 is 17.2 Å². The Bertz CT molecular complexity index is 1010. The van der Waals surface area contributed by atoms with Crippen LogP contribution in [0.25, 0.3) is 0 Å². The lowest BCUT2D eigenvalue weighted by molar-refractivity contribution is -0.154. The predicted molar refractivity (Wildman–Crippen MR) is 105 cm³/mol. The van der Waals surface area contributed by atoms with Crippen molar-refractivity contribution in [1.29, 1.82) is 0 Å². The van der Waals surface area contributed by atoms with Crippen molar-refractivity contribution in [2.24, 2.45) is 0 Å². The van der Waals surface area contributed by atoms with Crippen molar-refractivity contribution in [2.45, 2.75) is 25.2 Å².